The van der Waals surface area contributed by atoms with E-state index in [1.54, 1.807) is 30.5 Å². The van der Waals surface area contributed by atoms with E-state index in [0.29, 0.717) is 5.56 Å². The minimum Gasteiger partial charge on any atom is -0.468 e. The molecular formula is C14H16FNO2. The van der Waals surface area contributed by atoms with Crippen molar-refractivity contribution in [3.63, 3.8) is 0 Å². The lowest BCUT2D eigenvalue weighted by Gasteiger charge is -2.16. The Bertz CT molecular complexity index is 484. The van der Waals surface area contributed by atoms with E-state index in [4.69, 9.17) is 4.42 Å². The second-order valence-electron chi connectivity index (χ2n) is 4.18. The molecule has 1 heterocycles. The molecule has 0 radical (unpaired) electrons. The Morgan fingerprint density at radius 1 is 1.28 bits per heavy atom. The molecule has 1 aromatic heterocycles. The highest BCUT2D eigenvalue weighted by Gasteiger charge is 2.14. The first-order valence-electron chi connectivity index (χ1n) is 5.87. The Labute approximate surface area is 105 Å². The summed E-state index contributed by atoms with van der Waals surface area (Å²) in [6.45, 7) is 2.19. The van der Waals surface area contributed by atoms with Crippen molar-refractivity contribution in [2.24, 2.45) is 0 Å². The molecule has 0 aliphatic rings. The van der Waals surface area contributed by atoms with E-state index in [2.05, 4.69) is 5.32 Å². The van der Waals surface area contributed by atoms with Gasteiger partial charge in [-0.05, 0) is 25.1 Å². The highest BCUT2D eigenvalue weighted by molar-refractivity contribution is 5.20. The Morgan fingerprint density at radius 3 is 2.72 bits per heavy atom. The summed E-state index contributed by atoms with van der Waals surface area (Å²) in [6, 6.07) is 9.87. The molecule has 2 atom stereocenters. The van der Waals surface area contributed by atoms with Crippen LogP contribution in [-0.4, -0.2) is 11.7 Å². The highest BCUT2D eigenvalue weighted by atomic mass is 19.1. The summed E-state index contributed by atoms with van der Waals surface area (Å²) < 4.78 is 18.7. The summed E-state index contributed by atoms with van der Waals surface area (Å²) in [5, 5.41) is 13.0. The van der Waals surface area contributed by atoms with E-state index >= 15 is 0 Å². The number of aliphatic hydroxyl groups excluding tert-OH is 1. The van der Waals surface area contributed by atoms with E-state index in [1.165, 1.54) is 6.07 Å². The van der Waals surface area contributed by atoms with E-state index in [1.807, 2.05) is 13.0 Å². The van der Waals surface area contributed by atoms with E-state index in [9.17, 15) is 9.50 Å². The van der Waals surface area contributed by atoms with Gasteiger partial charge < -0.3 is 14.8 Å². The van der Waals surface area contributed by atoms with Crippen LogP contribution in [0.1, 0.15) is 30.4 Å². The van der Waals surface area contributed by atoms with Crippen LogP contribution >= 0.6 is 0 Å². The van der Waals surface area contributed by atoms with Gasteiger partial charge in [-0.15, -0.1) is 0 Å². The van der Waals surface area contributed by atoms with Gasteiger partial charge in [-0.2, -0.15) is 0 Å². The first-order valence-corrected chi connectivity index (χ1v) is 5.87. The van der Waals surface area contributed by atoms with Gasteiger partial charge in [0.1, 0.15) is 11.6 Å². The third kappa shape index (κ3) is 2.97. The highest BCUT2D eigenvalue weighted by Crippen LogP contribution is 2.18. The van der Waals surface area contributed by atoms with Crippen molar-refractivity contribution in [3.8, 4) is 0 Å². The normalized spacial score (nSPS) is 14.4. The standard InChI is InChI=1S/C14H16FNO2/c1-10(14-7-4-8-18-14)16-9-13(17)11-5-2-3-6-12(11)15/h2-8,10,13,16-17H,9H2,1H3/t10-,13?/m0/s1. The molecule has 0 amide bonds. The predicted molar refractivity (Wildman–Crippen MR) is 66.5 cm³/mol. The molecule has 0 spiro atoms. The molecule has 1 aromatic carbocycles. The lowest BCUT2D eigenvalue weighted by atomic mass is 10.1. The molecule has 0 saturated carbocycles. The average Bonchev–Trinajstić information content (AvgIpc) is 2.90. The summed E-state index contributed by atoms with van der Waals surface area (Å²) in [5.41, 5.74) is 0.302. The Hall–Kier alpha value is -1.65. The molecule has 4 heteroatoms. The Morgan fingerprint density at radius 2 is 2.06 bits per heavy atom. The molecule has 96 valence electrons. The van der Waals surface area contributed by atoms with Gasteiger partial charge >= 0.3 is 0 Å². The van der Waals surface area contributed by atoms with Crippen molar-refractivity contribution in [3.05, 3.63) is 59.8 Å². The third-order valence-electron chi connectivity index (χ3n) is 2.85. The van der Waals surface area contributed by atoms with Crippen molar-refractivity contribution in [1.82, 2.24) is 5.32 Å². The fourth-order valence-electron chi connectivity index (χ4n) is 1.78. The SMILES string of the molecule is C[C@H](NCC(O)c1ccccc1F)c1ccco1. The number of nitrogens with one attached hydrogen (secondary N) is 1. The van der Waals surface area contributed by atoms with Crippen LogP contribution < -0.4 is 5.32 Å². The van der Waals surface area contributed by atoms with Crippen LogP contribution in [0.15, 0.2) is 47.1 Å². The number of benzene rings is 1. The van der Waals surface area contributed by atoms with Gasteiger partial charge in [0.05, 0.1) is 18.4 Å². The van der Waals surface area contributed by atoms with Gasteiger partial charge in [-0.25, -0.2) is 4.39 Å². The van der Waals surface area contributed by atoms with E-state index in [0.717, 1.165) is 5.76 Å². The zero-order valence-electron chi connectivity index (χ0n) is 10.1. The van der Waals surface area contributed by atoms with Crippen LogP contribution in [-0.2, 0) is 0 Å². The second-order valence-corrected chi connectivity index (χ2v) is 4.18. The maximum Gasteiger partial charge on any atom is 0.129 e. The molecule has 18 heavy (non-hydrogen) atoms. The van der Waals surface area contributed by atoms with Gasteiger partial charge in [-0.1, -0.05) is 18.2 Å². The summed E-state index contributed by atoms with van der Waals surface area (Å²) >= 11 is 0. The minimum absolute atomic E-state index is 0.0265. The van der Waals surface area contributed by atoms with Crippen LogP contribution in [0.25, 0.3) is 0 Å². The molecule has 0 aliphatic heterocycles. The zero-order valence-corrected chi connectivity index (χ0v) is 10.1. The quantitative estimate of drug-likeness (QED) is 0.856. The first-order chi connectivity index (χ1) is 8.68. The van der Waals surface area contributed by atoms with Gasteiger partial charge in [0.15, 0.2) is 0 Å². The number of rotatable bonds is 5. The lowest BCUT2D eigenvalue weighted by Crippen LogP contribution is -2.24. The van der Waals surface area contributed by atoms with Crippen molar-refractivity contribution in [1.29, 1.82) is 0 Å². The number of hydrogen-bond acceptors (Lipinski definition) is 3. The third-order valence-corrected chi connectivity index (χ3v) is 2.85. The Balaban J connectivity index is 1.93. The lowest BCUT2D eigenvalue weighted by molar-refractivity contribution is 0.164. The number of aliphatic hydroxyl groups is 1. The Kier molecular flexibility index (Phi) is 4.12. The predicted octanol–water partition coefficient (Wildman–Crippen LogP) is 2.80. The second kappa shape index (κ2) is 5.80. The average molecular weight is 249 g/mol. The summed E-state index contributed by atoms with van der Waals surface area (Å²) in [6.07, 6.45) is 0.726. The monoisotopic (exact) mass is 249 g/mol. The smallest absolute Gasteiger partial charge is 0.129 e. The van der Waals surface area contributed by atoms with Gasteiger partial charge in [0, 0.05) is 12.1 Å². The largest absolute Gasteiger partial charge is 0.468 e. The van der Waals surface area contributed by atoms with Crippen LogP contribution in [0.4, 0.5) is 4.39 Å². The number of hydrogen-bond donors (Lipinski definition) is 2. The first kappa shape index (κ1) is 12.8. The fourth-order valence-corrected chi connectivity index (χ4v) is 1.78. The molecule has 0 aliphatic carbocycles. The van der Waals surface area contributed by atoms with E-state index in [-0.39, 0.29) is 12.6 Å². The maximum atomic E-state index is 13.4. The number of halogens is 1. The van der Waals surface area contributed by atoms with Crippen molar-refractivity contribution in [2.75, 3.05) is 6.54 Å². The van der Waals surface area contributed by atoms with Crippen molar-refractivity contribution >= 4 is 0 Å². The molecule has 2 N–H and O–H groups in total. The fraction of sp³-hybridized carbons (Fsp3) is 0.286. The van der Waals surface area contributed by atoms with Crippen LogP contribution in [0.2, 0.25) is 0 Å². The van der Waals surface area contributed by atoms with Crippen LogP contribution in [0, 0.1) is 5.82 Å². The van der Waals surface area contributed by atoms with Crippen molar-refractivity contribution < 1.29 is 13.9 Å². The minimum atomic E-state index is -0.872. The summed E-state index contributed by atoms with van der Waals surface area (Å²) in [7, 11) is 0. The van der Waals surface area contributed by atoms with Gasteiger partial charge in [0.25, 0.3) is 0 Å². The molecule has 2 rings (SSSR count). The molecule has 0 fully saturated rings. The molecule has 1 unspecified atom stereocenters. The molecule has 0 saturated heterocycles. The van der Waals surface area contributed by atoms with Crippen LogP contribution in [0.5, 0.6) is 0 Å². The van der Waals surface area contributed by atoms with Crippen molar-refractivity contribution in [2.45, 2.75) is 19.1 Å². The zero-order chi connectivity index (χ0) is 13.0. The summed E-state index contributed by atoms with van der Waals surface area (Å²) in [4.78, 5) is 0. The van der Waals surface area contributed by atoms with E-state index < -0.39 is 11.9 Å². The molecule has 2 aromatic rings. The summed E-state index contributed by atoms with van der Waals surface area (Å²) in [5.74, 6) is 0.396. The van der Waals surface area contributed by atoms with Gasteiger partial charge in [0.2, 0.25) is 0 Å². The topological polar surface area (TPSA) is 45.4 Å². The number of furan rings is 1. The molecular weight excluding hydrogens is 233 g/mol. The molecule has 0 bridgehead atoms. The molecule has 3 nitrogen and oxygen atoms in total. The van der Waals surface area contributed by atoms with Crippen LogP contribution in [0.3, 0.4) is 0 Å². The van der Waals surface area contributed by atoms with Gasteiger partial charge in [-0.3, -0.25) is 0 Å². The maximum absolute atomic E-state index is 13.4.